The molecule has 0 aliphatic carbocycles. The predicted molar refractivity (Wildman–Crippen MR) is 97.4 cm³/mol. The minimum Gasteiger partial charge on any atom is -0.490 e. The Labute approximate surface area is 159 Å². The summed E-state index contributed by atoms with van der Waals surface area (Å²) < 4.78 is 44.9. The number of alkyl halides is 3. The second-order valence-electron chi connectivity index (χ2n) is 6.50. The van der Waals surface area contributed by atoms with Crippen LogP contribution in [0.5, 0.6) is 5.75 Å². The van der Waals surface area contributed by atoms with Crippen molar-refractivity contribution >= 4 is 22.4 Å². The first-order valence-electron chi connectivity index (χ1n) is 8.51. The van der Waals surface area contributed by atoms with Crippen LogP contribution in [0.3, 0.4) is 0 Å². The van der Waals surface area contributed by atoms with Gasteiger partial charge in [0.25, 0.3) is 5.91 Å². The van der Waals surface area contributed by atoms with E-state index in [1.807, 2.05) is 4.90 Å². The number of halogens is 3. The zero-order valence-electron chi connectivity index (χ0n) is 15.0. The van der Waals surface area contributed by atoms with Crippen LogP contribution in [0, 0.1) is 0 Å². The summed E-state index contributed by atoms with van der Waals surface area (Å²) in [6, 6.07) is 5.28. The molecule has 0 spiro atoms. The number of benzene rings is 1. The van der Waals surface area contributed by atoms with E-state index in [4.69, 9.17) is 4.74 Å². The molecule has 1 aromatic carbocycles. The van der Waals surface area contributed by atoms with Crippen molar-refractivity contribution < 1.29 is 22.7 Å². The Bertz CT molecular complexity index is 799. The molecule has 5 nitrogen and oxygen atoms in total. The Hall–Kier alpha value is -2.29. The zero-order chi connectivity index (χ0) is 19.6. The van der Waals surface area contributed by atoms with Crippen LogP contribution in [0.25, 0.3) is 0 Å². The van der Waals surface area contributed by atoms with Gasteiger partial charge in [-0.3, -0.25) is 4.79 Å². The number of piperidine rings is 1. The van der Waals surface area contributed by atoms with E-state index in [2.05, 4.69) is 4.98 Å². The van der Waals surface area contributed by atoms with Crippen molar-refractivity contribution in [3.8, 4) is 5.75 Å². The molecular formula is C18H20F3N3O2S. The molecule has 9 heteroatoms. The fraction of sp³-hybridized carbons (Fsp3) is 0.444. The van der Waals surface area contributed by atoms with E-state index >= 15 is 0 Å². The van der Waals surface area contributed by atoms with Gasteiger partial charge in [0.2, 0.25) is 0 Å². The first kappa shape index (κ1) is 19.5. The number of aromatic nitrogens is 1. The quantitative estimate of drug-likeness (QED) is 0.782. The Morgan fingerprint density at radius 1 is 1.26 bits per heavy atom. The fourth-order valence-corrected chi connectivity index (χ4v) is 3.87. The number of carbonyl (C=O) groups is 1. The third-order valence-corrected chi connectivity index (χ3v) is 5.36. The van der Waals surface area contributed by atoms with Gasteiger partial charge >= 0.3 is 6.18 Å². The summed E-state index contributed by atoms with van der Waals surface area (Å²) in [6.07, 6.45) is -1.99. The number of amides is 1. The van der Waals surface area contributed by atoms with Gasteiger partial charge in [-0.2, -0.15) is 13.2 Å². The van der Waals surface area contributed by atoms with Gasteiger partial charge in [-0.05, 0) is 12.1 Å². The highest BCUT2D eigenvalue weighted by atomic mass is 32.1. The van der Waals surface area contributed by atoms with Crippen molar-refractivity contribution in [2.45, 2.75) is 25.1 Å². The molecule has 1 aromatic heterocycles. The minimum atomic E-state index is -4.44. The second kappa shape index (κ2) is 7.75. The van der Waals surface area contributed by atoms with Gasteiger partial charge < -0.3 is 14.5 Å². The molecule has 0 radical (unpaired) electrons. The van der Waals surface area contributed by atoms with Gasteiger partial charge in [0.1, 0.15) is 16.7 Å². The molecular weight excluding hydrogens is 379 g/mol. The minimum absolute atomic E-state index is 0.0965. The van der Waals surface area contributed by atoms with Gasteiger partial charge in [-0.25, -0.2) is 4.98 Å². The molecule has 0 bridgehead atoms. The summed E-state index contributed by atoms with van der Waals surface area (Å²) >= 11 is 1.32. The topological polar surface area (TPSA) is 45.7 Å². The second-order valence-corrected chi connectivity index (χ2v) is 7.51. The summed E-state index contributed by atoms with van der Waals surface area (Å²) in [5.41, 5.74) is -0.751. The number of ether oxygens (including phenoxy) is 1. The average Bonchev–Trinajstić information content (AvgIpc) is 3.11. The highest BCUT2D eigenvalue weighted by molar-refractivity contribution is 7.17. The van der Waals surface area contributed by atoms with Crippen LogP contribution in [-0.4, -0.2) is 49.1 Å². The number of hydrogen-bond donors (Lipinski definition) is 0. The van der Waals surface area contributed by atoms with E-state index in [9.17, 15) is 18.0 Å². The SMILES string of the molecule is CN(C)C(=O)c1cnc(N2CCC(Oc3ccccc3C(F)(F)F)CC2)s1. The molecule has 1 aliphatic rings. The Kier molecular flexibility index (Phi) is 5.59. The van der Waals surface area contributed by atoms with Crippen LogP contribution in [0.2, 0.25) is 0 Å². The lowest BCUT2D eigenvalue weighted by molar-refractivity contribution is -0.139. The normalized spacial score (nSPS) is 15.7. The Balaban J connectivity index is 1.61. The van der Waals surface area contributed by atoms with E-state index in [1.54, 1.807) is 26.4 Å². The number of nitrogens with zero attached hydrogens (tertiary/aromatic N) is 3. The highest BCUT2D eigenvalue weighted by Crippen LogP contribution is 2.37. The van der Waals surface area contributed by atoms with Crippen molar-refractivity contribution in [3.05, 3.63) is 40.9 Å². The van der Waals surface area contributed by atoms with Gasteiger partial charge in [0, 0.05) is 40.0 Å². The molecule has 2 aromatic rings. The maximum atomic E-state index is 13.1. The highest BCUT2D eigenvalue weighted by Gasteiger charge is 2.35. The van der Waals surface area contributed by atoms with E-state index in [1.165, 1.54) is 28.4 Å². The van der Waals surface area contributed by atoms with Gasteiger partial charge in [-0.15, -0.1) is 0 Å². The lowest BCUT2D eigenvalue weighted by Crippen LogP contribution is -2.38. The molecule has 0 unspecified atom stereocenters. The maximum absolute atomic E-state index is 13.1. The lowest BCUT2D eigenvalue weighted by atomic mass is 10.1. The molecule has 1 amide bonds. The lowest BCUT2D eigenvalue weighted by Gasteiger charge is -2.32. The first-order valence-corrected chi connectivity index (χ1v) is 9.32. The third kappa shape index (κ3) is 4.52. The number of anilines is 1. The molecule has 0 atom stereocenters. The molecule has 0 saturated carbocycles. The fourth-order valence-electron chi connectivity index (χ4n) is 2.88. The molecule has 2 heterocycles. The van der Waals surface area contributed by atoms with E-state index in [-0.39, 0.29) is 17.8 Å². The van der Waals surface area contributed by atoms with Crippen LogP contribution in [0.1, 0.15) is 28.1 Å². The third-order valence-electron chi connectivity index (χ3n) is 4.31. The van der Waals surface area contributed by atoms with Crippen LogP contribution in [0.15, 0.2) is 30.5 Å². The molecule has 3 rings (SSSR count). The van der Waals surface area contributed by atoms with Crippen LogP contribution < -0.4 is 9.64 Å². The zero-order valence-corrected chi connectivity index (χ0v) is 15.8. The predicted octanol–water partition coefficient (Wildman–Crippen LogP) is 3.91. The average molecular weight is 399 g/mol. The van der Waals surface area contributed by atoms with Gasteiger partial charge in [0.15, 0.2) is 5.13 Å². The summed E-state index contributed by atoms with van der Waals surface area (Å²) in [5.74, 6) is -0.225. The number of carbonyl (C=O) groups excluding carboxylic acids is 1. The smallest absolute Gasteiger partial charge is 0.419 e. The van der Waals surface area contributed by atoms with E-state index in [0.717, 1.165) is 11.2 Å². The summed E-state index contributed by atoms with van der Waals surface area (Å²) in [7, 11) is 3.37. The monoisotopic (exact) mass is 399 g/mol. The summed E-state index contributed by atoms with van der Waals surface area (Å²) in [4.78, 5) is 20.4. The van der Waals surface area contributed by atoms with E-state index < -0.39 is 11.7 Å². The van der Waals surface area contributed by atoms with Crippen LogP contribution in [-0.2, 0) is 6.18 Å². The molecule has 0 N–H and O–H groups in total. The van der Waals surface area contributed by atoms with E-state index in [0.29, 0.717) is 30.8 Å². The molecule has 1 fully saturated rings. The van der Waals surface area contributed by atoms with Crippen LogP contribution in [0.4, 0.5) is 18.3 Å². The van der Waals surface area contributed by atoms with Crippen molar-refractivity contribution in [2.75, 3.05) is 32.1 Å². The van der Waals surface area contributed by atoms with Crippen LogP contribution >= 0.6 is 11.3 Å². The summed E-state index contributed by atoms with van der Waals surface area (Å²) in [6.45, 7) is 1.23. The molecule has 27 heavy (non-hydrogen) atoms. The number of hydrogen-bond acceptors (Lipinski definition) is 5. The van der Waals surface area contributed by atoms with Gasteiger partial charge in [-0.1, -0.05) is 23.5 Å². The van der Waals surface area contributed by atoms with Crippen molar-refractivity contribution in [1.82, 2.24) is 9.88 Å². The molecule has 1 aliphatic heterocycles. The summed E-state index contributed by atoms with van der Waals surface area (Å²) in [5, 5.41) is 0.745. The standard InChI is InChI=1S/C18H20F3N3O2S/c1-23(2)16(25)15-11-22-17(27-15)24-9-7-12(8-10-24)26-14-6-4-3-5-13(14)18(19,20)21/h3-6,11-12H,7-10H2,1-2H3. The molecule has 1 saturated heterocycles. The number of para-hydroxylation sites is 1. The largest absolute Gasteiger partial charge is 0.490 e. The Morgan fingerprint density at radius 3 is 2.56 bits per heavy atom. The van der Waals surface area contributed by atoms with Gasteiger partial charge in [0.05, 0.1) is 11.8 Å². The van der Waals surface area contributed by atoms with Crippen molar-refractivity contribution in [2.24, 2.45) is 0 Å². The number of thiazole rings is 1. The Morgan fingerprint density at radius 2 is 1.93 bits per heavy atom. The first-order chi connectivity index (χ1) is 12.8. The van der Waals surface area contributed by atoms with Crippen molar-refractivity contribution in [1.29, 1.82) is 0 Å². The maximum Gasteiger partial charge on any atom is 0.419 e. The number of rotatable bonds is 4. The van der Waals surface area contributed by atoms with Crippen molar-refractivity contribution in [3.63, 3.8) is 0 Å². The molecule has 146 valence electrons.